The molecule has 19 heavy (non-hydrogen) atoms. The van der Waals surface area contributed by atoms with Crippen LogP contribution >= 0.6 is 0 Å². The third-order valence-electron chi connectivity index (χ3n) is 2.72. The van der Waals surface area contributed by atoms with Gasteiger partial charge in [-0.2, -0.15) is 0 Å². The summed E-state index contributed by atoms with van der Waals surface area (Å²) in [4.78, 5) is 28.6. The highest BCUT2D eigenvalue weighted by atomic mass is 16.2. The van der Waals surface area contributed by atoms with Gasteiger partial charge in [0.1, 0.15) is 0 Å². The zero-order chi connectivity index (χ0) is 14.1. The molecule has 0 spiro atoms. The lowest BCUT2D eigenvalue weighted by Gasteiger charge is -2.21. The molecule has 0 aromatic carbocycles. The molecule has 1 aromatic heterocycles. The van der Waals surface area contributed by atoms with E-state index in [1.54, 1.807) is 17.3 Å². The molecule has 104 valence electrons. The van der Waals surface area contributed by atoms with Gasteiger partial charge < -0.3 is 10.2 Å². The molecule has 0 unspecified atom stereocenters. The molecule has 1 heterocycles. The molecule has 2 amide bonds. The summed E-state index contributed by atoms with van der Waals surface area (Å²) in [5.41, 5.74) is 0.984. The van der Waals surface area contributed by atoms with E-state index in [1.165, 1.54) is 6.92 Å². The van der Waals surface area contributed by atoms with Crippen molar-refractivity contribution in [1.82, 2.24) is 15.2 Å². The van der Waals surface area contributed by atoms with E-state index in [2.05, 4.69) is 10.3 Å². The molecular weight excluding hydrogens is 242 g/mol. The van der Waals surface area contributed by atoms with Gasteiger partial charge in [-0.25, -0.2) is 0 Å². The average molecular weight is 263 g/mol. The average Bonchev–Trinajstić information content (AvgIpc) is 2.39. The van der Waals surface area contributed by atoms with Crippen LogP contribution in [0.5, 0.6) is 0 Å². The van der Waals surface area contributed by atoms with Gasteiger partial charge in [-0.3, -0.25) is 14.6 Å². The Kier molecular flexibility index (Phi) is 6.57. The van der Waals surface area contributed by atoms with Gasteiger partial charge in [-0.1, -0.05) is 13.0 Å². The zero-order valence-electron chi connectivity index (χ0n) is 11.6. The van der Waals surface area contributed by atoms with E-state index in [0.717, 1.165) is 12.0 Å². The molecule has 1 aromatic rings. The molecule has 5 nitrogen and oxygen atoms in total. The third-order valence-corrected chi connectivity index (χ3v) is 2.72. The number of hydrogen-bond donors (Lipinski definition) is 1. The Bertz CT molecular complexity index is 406. The molecule has 0 aliphatic rings. The molecule has 0 aliphatic carbocycles. The van der Waals surface area contributed by atoms with E-state index in [0.29, 0.717) is 26.1 Å². The first kappa shape index (κ1) is 15.1. The molecule has 0 fully saturated rings. The summed E-state index contributed by atoms with van der Waals surface area (Å²) < 4.78 is 0. The monoisotopic (exact) mass is 263 g/mol. The Morgan fingerprint density at radius 1 is 1.42 bits per heavy atom. The van der Waals surface area contributed by atoms with Gasteiger partial charge in [-0.05, 0) is 18.1 Å². The van der Waals surface area contributed by atoms with Gasteiger partial charge in [-0.15, -0.1) is 0 Å². The highest BCUT2D eigenvalue weighted by Gasteiger charge is 2.09. The Balaban J connectivity index is 2.41. The number of nitrogens with one attached hydrogen (secondary N) is 1. The number of pyridine rings is 1. The molecular formula is C14H21N3O2. The standard InChI is InChI=1S/C14H21N3O2/c1-3-5-14(19)16-8-9-17(12(2)18)11-13-6-4-7-15-10-13/h4,6-7,10H,3,5,8-9,11H2,1-2H3,(H,16,19). The number of rotatable bonds is 7. The molecule has 0 aliphatic heterocycles. The van der Waals surface area contributed by atoms with E-state index >= 15 is 0 Å². The van der Waals surface area contributed by atoms with E-state index in [4.69, 9.17) is 0 Å². The molecule has 1 N–H and O–H groups in total. The molecule has 0 saturated heterocycles. The highest BCUT2D eigenvalue weighted by Crippen LogP contribution is 2.02. The van der Waals surface area contributed by atoms with Crippen molar-refractivity contribution < 1.29 is 9.59 Å². The van der Waals surface area contributed by atoms with Gasteiger partial charge in [0, 0.05) is 45.4 Å². The van der Waals surface area contributed by atoms with Crippen LogP contribution in [0.2, 0.25) is 0 Å². The van der Waals surface area contributed by atoms with Crippen molar-refractivity contribution >= 4 is 11.8 Å². The summed E-state index contributed by atoms with van der Waals surface area (Å²) in [5.74, 6) is 0.0287. The van der Waals surface area contributed by atoms with Gasteiger partial charge in [0.25, 0.3) is 0 Å². The number of aromatic nitrogens is 1. The molecule has 0 radical (unpaired) electrons. The Morgan fingerprint density at radius 2 is 2.21 bits per heavy atom. The minimum absolute atomic E-state index is 0.00593. The number of hydrogen-bond acceptors (Lipinski definition) is 3. The Labute approximate surface area is 114 Å². The lowest BCUT2D eigenvalue weighted by atomic mass is 10.2. The van der Waals surface area contributed by atoms with E-state index < -0.39 is 0 Å². The van der Waals surface area contributed by atoms with Gasteiger partial charge in [0.2, 0.25) is 11.8 Å². The lowest BCUT2D eigenvalue weighted by molar-refractivity contribution is -0.130. The van der Waals surface area contributed by atoms with Crippen LogP contribution in [0.15, 0.2) is 24.5 Å². The van der Waals surface area contributed by atoms with Crippen molar-refractivity contribution in [3.63, 3.8) is 0 Å². The van der Waals surface area contributed by atoms with Crippen LogP contribution < -0.4 is 5.32 Å². The summed E-state index contributed by atoms with van der Waals surface area (Å²) in [6.07, 6.45) is 4.80. The van der Waals surface area contributed by atoms with Crippen LogP contribution in [-0.4, -0.2) is 34.8 Å². The van der Waals surface area contributed by atoms with Crippen LogP contribution in [0.3, 0.4) is 0 Å². The third kappa shape index (κ3) is 5.99. The topological polar surface area (TPSA) is 62.3 Å². The summed E-state index contributed by atoms with van der Waals surface area (Å²) in [6.45, 7) is 5.01. The predicted molar refractivity (Wildman–Crippen MR) is 73.2 cm³/mol. The maximum absolute atomic E-state index is 11.5. The zero-order valence-corrected chi connectivity index (χ0v) is 11.6. The fourth-order valence-corrected chi connectivity index (χ4v) is 1.71. The second-order valence-electron chi connectivity index (χ2n) is 4.40. The smallest absolute Gasteiger partial charge is 0.220 e. The Morgan fingerprint density at radius 3 is 2.79 bits per heavy atom. The van der Waals surface area contributed by atoms with Gasteiger partial charge in [0.15, 0.2) is 0 Å². The summed E-state index contributed by atoms with van der Waals surface area (Å²) >= 11 is 0. The number of amides is 2. The number of carbonyl (C=O) groups is 2. The SMILES string of the molecule is CCCC(=O)NCCN(Cc1cccnc1)C(C)=O. The van der Waals surface area contributed by atoms with Gasteiger partial charge in [0.05, 0.1) is 0 Å². The minimum atomic E-state index is -0.00593. The van der Waals surface area contributed by atoms with Crippen molar-refractivity contribution in [2.45, 2.75) is 33.2 Å². The summed E-state index contributed by atoms with van der Waals surface area (Å²) in [7, 11) is 0. The summed E-state index contributed by atoms with van der Waals surface area (Å²) in [6, 6.07) is 3.77. The van der Waals surface area contributed by atoms with Crippen molar-refractivity contribution in [3.8, 4) is 0 Å². The number of nitrogens with zero attached hydrogens (tertiary/aromatic N) is 2. The van der Waals surface area contributed by atoms with Crippen molar-refractivity contribution in [3.05, 3.63) is 30.1 Å². The minimum Gasteiger partial charge on any atom is -0.354 e. The molecule has 0 saturated carbocycles. The van der Waals surface area contributed by atoms with Crippen LogP contribution in [0.4, 0.5) is 0 Å². The van der Waals surface area contributed by atoms with Crippen LogP contribution in [-0.2, 0) is 16.1 Å². The van der Waals surface area contributed by atoms with Crippen LogP contribution in [0.25, 0.3) is 0 Å². The lowest BCUT2D eigenvalue weighted by Crippen LogP contribution is -2.37. The first-order valence-electron chi connectivity index (χ1n) is 6.54. The first-order valence-corrected chi connectivity index (χ1v) is 6.54. The highest BCUT2D eigenvalue weighted by molar-refractivity contribution is 5.76. The Hall–Kier alpha value is -1.91. The van der Waals surface area contributed by atoms with Crippen molar-refractivity contribution in [2.24, 2.45) is 0 Å². The fourth-order valence-electron chi connectivity index (χ4n) is 1.71. The predicted octanol–water partition coefficient (Wildman–Crippen LogP) is 1.35. The fraction of sp³-hybridized carbons (Fsp3) is 0.500. The molecule has 5 heteroatoms. The normalized spacial score (nSPS) is 10.0. The van der Waals surface area contributed by atoms with Crippen molar-refractivity contribution in [2.75, 3.05) is 13.1 Å². The second kappa shape index (κ2) is 8.24. The van der Waals surface area contributed by atoms with Crippen LogP contribution in [0.1, 0.15) is 32.3 Å². The largest absolute Gasteiger partial charge is 0.354 e. The molecule has 1 rings (SSSR count). The first-order chi connectivity index (χ1) is 9.13. The number of carbonyl (C=O) groups excluding carboxylic acids is 2. The summed E-state index contributed by atoms with van der Waals surface area (Å²) in [5, 5.41) is 2.81. The van der Waals surface area contributed by atoms with Crippen molar-refractivity contribution in [1.29, 1.82) is 0 Å². The van der Waals surface area contributed by atoms with Crippen LogP contribution in [0, 0.1) is 0 Å². The van der Waals surface area contributed by atoms with E-state index in [9.17, 15) is 9.59 Å². The second-order valence-corrected chi connectivity index (χ2v) is 4.40. The maximum atomic E-state index is 11.5. The van der Waals surface area contributed by atoms with E-state index in [1.807, 2.05) is 19.1 Å². The maximum Gasteiger partial charge on any atom is 0.220 e. The quantitative estimate of drug-likeness (QED) is 0.807. The molecule has 0 bridgehead atoms. The van der Waals surface area contributed by atoms with Gasteiger partial charge >= 0.3 is 0 Å². The van der Waals surface area contributed by atoms with E-state index in [-0.39, 0.29) is 11.8 Å². The molecule has 0 atom stereocenters.